The van der Waals surface area contributed by atoms with Gasteiger partial charge in [-0.25, -0.2) is 13.5 Å². The zero-order valence-corrected chi connectivity index (χ0v) is 24.4. The van der Waals surface area contributed by atoms with Gasteiger partial charge in [-0.05, 0) is 44.4 Å². The van der Waals surface area contributed by atoms with Crippen LogP contribution in [0.25, 0.3) is 5.69 Å². The van der Waals surface area contributed by atoms with Crippen LogP contribution in [0, 0.1) is 11.6 Å². The van der Waals surface area contributed by atoms with Gasteiger partial charge in [0.15, 0.2) is 0 Å². The first kappa shape index (κ1) is 29.5. The fourth-order valence-corrected chi connectivity index (χ4v) is 5.77. The Morgan fingerprint density at radius 1 is 1.18 bits per heavy atom. The second-order valence-corrected chi connectivity index (χ2v) is 12.0. The monoisotopic (exact) mass is 571 g/mol. The number of nitrogens with one attached hydrogen (secondary N) is 1. The molecule has 214 valence electrons. The van der Waals surface area contributed by atoms with Gasteiger partial charge in [0.1, 0.15) is 29.7 Å². The molecule has 1 aliphatic heterocycles. The summed E-state index contributed by atoms with van der Waals surface area (Å²) in [6, 6.07) is 10.7. The van der Waals surface area contributed by atoms with Crippen LogP contribution < -0.4 is 15.0 Å². The van der Waals surface area contributed by atoms with Crippen LogP contribution in [0.1, 0.15) is 42.8 Å². The molecule has 0 saturated carbocycles. The first-order chi connectivity index (χ1) is 18.9. The van der Waals surface area contributed by atoms with Crippen molar-refractivity contribution in [3.8, 4) is 11.4 Å². The highest BCUT2D eigenvalue weighted by atomic mass is 32.2. The second kappa shape index (κ2) is 12.0. The predicted molar refractivity (Wildman–Crippen MR) is 153 cm³/mol. The van der Waals surface area contributed by atoms with E-state index in [9.17, 15) is 14.0 Å². The average Bonchev–Trinajstić information content (AvgIpc) is 3.23. The highest BCUT2D eigenvalue weighted by Crippen LogP contribution is 2.49. The molecule has 0 aliphatic carbocycles. The molecule has 0 radical (unpaired) electrons. The maximum Gasteiger partial charge on any atom is 0.240 e. The number of benzene rings is 2. The van der Waals surface area contributed by atoms with Crippen LogP contribution in [0.3, 0.4) is 0 Å². The number of anilines is 1. The van der Waals surface area contributed by atoms with E-state index in [1.54, 1.807) is 23.9 Å². The van der Waals surface area contributed by atoms with E-state index < -0.39 is 22.3 Å². The number of halogens is 2. The quantitative estimate of drug-likeness (QED) is 0.434. The summed E-state index contributed by atoms with van der Waals surface area (Å²) in [4.78, 5) is 30.1. The van der Waals surface area contributed by atoms with Crippen LogP contribution in [0.5, 0.6) is 5.75 Å². The summed E-state index contributed by atoms with van der Waals surface area (Å²) in [7, 11) is 5.38. The van der Waals surface area contributed by atoms with E-state index in [0.29, 0.717) is 41.6 Å². The first-order valence-electron chi connectivity index (χ1n) is 13.0. The normalized spacial score (nSPS) is 15.7. The molecule has 8 nitrogen and oxygen atoms in total. The molecular formula is C29H35F2N5O3S. The van der Waals surface area contributed by atoms with Gasteiger partial charge in [-0.1, -0.05) is 26.8 Å². The number of nitrogens with zero attached hydrogens (tertiary/aromatic N) is 4. The lowest BCUT2D eigenvalue weighted by Gasteiger charge is -2.25. The molecule has 11 heteroatoms. The lowest BCUT2D eigenvalue weighted by molar-refractivity contribution is -0.122. The zero-order chi connectivity index (χ0) is 29.2. The van der Waals surface area contributed by atoms with Crippen molar-refractivity contribution in [3.63, 3.8) is 0 Å². The largest absolute Gasteiger partial charge is 0.497 e. The maximum atomic E-state index is 15.3. The minimum atomic E-state index is -0.706. The Labute approximate surface area is 237 Å². The third-order valence-electron chi connectivity index (χ3n) is 6.54. The van der Waals surface area contributed by atoms with Crippen LogP contribution in [0.15, 0.2) is 42.5 Å². The summed E-state index contributed by atoms with van der Waals surface area (Å²) in [6.07, 6.45) is 0. The van der Waals surface area contributed by atoms with Gasteiger partial charge >= 0.3 is 0 Å². The summed E-state index contributed by atoms with van der Waals surface area (Å²) < 4.78 is 36.1. The van der Waals surface area contributed by atoms with E-state index >= 15 is 4.39 Å². The zero-order valence-electron chi connectivity index (χ0n) is 23.6. The third-order valence-corrected chi connectivity index (χ3v) is 7.78. The fourth-order valence-electron chi connectivity index (χ4n) is 4.55. The molecule has 2 heterocycles. The predicted octanol–water partition coefficient (Wildman–Crippen LogP) is 4.30. The van der Waals surface area contributed by atoms with Gasteiger partial charge < -0.3 is 15.0 Å². The van der Waals surface area contributed by atoms with Gasteiger partial charge in [-0.15, -0.1) is 11.8 Å². The van der Waals surface area contributed by atoms with Crippen LogP contribution in [-0.2, 0) is 15.0 Å². The fraction of sp³-hybridized carbons (Fsp3) is 0.414. The van der Waals surface area contributed by atoms with Gasteiger partial charge in [0.05, 0.1) is 29.5 Å². The molecule has 0 spiro atoms. The van der Waals surface area contributed by atoms with Gasteiger partial charge in [0, 0.05) is 35.7 Å². The lowest BCUT2D eigenvalue weighted by Crippen LogP contribution is -2.43. The topological polar surface area (TPSA) is 79.7 Å². The maximum absolute atomic E-state index is 15.3. The van der Waals surface area contributed by atoms with Gasteiger partial charge in [-0.2, -0.15) is 5.10 Å². The summed E-state index contributed by atoms with van der Waals surface area (Å²) in [5.74, 6) is -0.992. The number of amides is 2. The summed E-state index contributed by atoms with van der Waals surface area (Å²) in [5, 5.41) is 7.17. The minimum Gasteiger partial charge on any atom is -0.497 e. The molecule has 2 amide bonds. The third kappa shape index (κ3) is 6.31. The number of fused-ring (bicyclic) bond motifs is 1. The number of ether oxygens (including phenoxy) is 1. The van der Waals surface area contributed by atoms with Crippen molar-refractivity contribution >= 4 is 29.4 Å². The second-order valence-electron chi connectivity index (χ2n) is 10.9. The van der Waals surface area contributed by atoms with E-state index in [1.807, 2.05) is 51.9 Å². The van der Waals surface area contributed by atoms with Crippen LogP contribution in [0.4, 0.5) is 14.6 Å². The van der Waals surface area contributed by atoms with Crippen molar-refractivity contribution in [1.29, 1.82) is 0 Å². The average molecular weight is 572 g/mol. The van der Waals surface area contributed by atoms with Crippen molar-refractivity contribution < 1.29 is 23.1 Å². The highest BCUT2D eigenvalue weighted by molar-refractivity contribution is 8.00. The number of methoxy groups -OCH3 is 1. The van der Waals surface area contributed by atoms with Crippen molar-refractivity contribution in [1.82, 2.24) is 20.0 Å². The molecule has 0 fully saturated rings. The Kier molecular flexibility index (Phi) is 8.84. The highest BCUT2D eigenvalue weighted by Gasteiger charge is 2.40. The van der Waals surface area contributed by atoms with E-state index in [0.717, 1.165) is 6.07 Å². The number of hydrogen-bond acceptors (Lipinski definition) is 6. The van der Waals surface area contributed by atoms with E-state index in [1.165, 1.54) is 28.8 Å². The number of likely N-dealkylation sites (N-methyl/N-ethyl adjacent to an activating group) is 1. The van der Waals surface area contributed by atoms with Gasteiger partial charge in [-0.3, -0.25) is 14.5 Å². The lowest BCUT2D eigenvalue weighted by atomic mass is 9.87. The van der Waals surface area contributed by atoms with Gasteiger partial charge in [0.25, 0.3) is 0 Å². The Hall–Kier alpha value is -3.44. The van der Waals surface area contributed by atoms with Crippen molar-refractivity contribution in [2.24, 2.45) is 0 Å². The summed E-state index contributed by atoms with van der Waals surface area (Å²) >= 11 is 1.24. The van der Waals surface area contributed by atoms with E-state index in [-0.39, 0.29) is 29.7 Å². The number of thioether (sulfide) groups is 1. The SMILES string of the molecule is COc1ccc(-n2nc(C(C)(C)C)c3c2N(CC(=O)NCCN(C)C)C(=O)CS[C@H]3c2ccc(F)cc2F)cc1. The number of carbonyl (C=O) groups excluding carboxylic acids is 2. The molecule has 1 N–H and O–H groups in total. The molecule has 40 heavy (non-hydrogen) atoms. The molecule has 1 atom stereocenters. The Balaban J connectivity index is 1.94. The Morgan fingerprint density at radius 3 is 2.48 bits per heavy atom. The molecule has 4 rings (SSSR count). The molecule has 0 saturated heterocycles. The molecule has 1 aliphatic rings. The van der Waals surface area contributed by atoms with Crippen LogP contribution in [-0.4, -0.2) is 73.1 Å². The standard InChI is InChI=1S/C29H35F2N5O3S/c1-29(2,3)27-25-26(21-12-7-18(30)15-22(21)31)40-17-24(38)35(16-23(37)32-13-14-34(4)5)28(25)36(33-27)19-8-10-20(39-6)11-9-19/h7-12,15,26H,13-14,16-17H2,1-6H3,(H,32,37)/t26-/m0/s1. The smallest absolute Gasteiger partial charge is 0.240 e. The molecule has 0 unspecified atom stereocenters. The number of aromatic nitrogens is 2. The van der Waals surface area contributed by atoms with E-state index in [4.69, 9.17) is 9.84 Å². The number of hydrogen-bond donors (Lipinski definition) is 1. The molecule has 1 aromatic heterocycles. The van der Waals surface area contributed by atoms with Gasteiger partial charge in [0.2, 0.25) is 11.8 Å². The molecule has 3 aromatic rings. The molecular weight excluding hydrogens is 536 g/mol. The summed E-state index contributed by atoms with van der Waals surface area (Å²) in [5.41, 5.74) is 1.64. The van der Waals surface area contributed by atoms with Crippen molar-refractivity contribution in [2.75, 3.05) is 51.5 Å². The molecule has 0 bridgehead atoms. The summed E-state index contributed by atoms with van der Waals surface area (Å²) in [6.45, 7) is 6.80. The van der Waals surface area contributed by atoms with Crippen LogP contribution >= 0.6 is 11.8 Å². The number of rotatable bonds is 8. The van der Waals surface area contributed by atoms with Crippen molar-refractivity contribution in [2.45, 2.75) is 31.4 Å². The van der Waals surface area contributed by atoms with Crippen molar-refractivity contribution in [3.05, 3.63) is 70.9 Å². The van der Waals surface area contributed by atoms with Crippen LogP contribution in [0.2, 0.25) is 0 Å². The Morgan fingerprint density at radius 2 is 1.88 bits per heavy atom. The first-order valence-corrected chi connectivity index (χ1v) is 14.0. The number of carbonyl (C=O) groups is 2. The molecule has 2 aromatic carbocycles. The Bertz CT molecular complexity index is 1390. The van der Waals surface area contributed by atoms with E-state index in [2.05, 4.69) is 5.32 Å². The minimum absolute atomic E-state index is 0.00661.